The highest BCUT2D eigenvalue weighted by molar-refractivity contribution is 5.98. The van der Waals surface area contributed by atoms with Crippen LogP contribution in [0, 0.1) is 18.3 Å². The number of allylic oxidation sites excluding steroid dienone is 1. The molecular formula is C23H22N4. The maximum absolute atomic E-state index is 9.77. The van der Waals surface area contributed by atoms with Crippen molar-refractivity contribution in [3.8, 4) is 6.07 Å². The Morgan fingerprint density at radius 2 is 2.11 bits per heavy atom. The number of hydrogen-bond donors (Lipinski definition) is 1. The van der Waals surface area contributed by atoms with Gasteiger partial charge in [0.15, 0.2) is 0 Å². The van der Waals surface area contributed by atoms with E-state index in [-0.39, 0.29) is 0 Å². The molecule has 0 saturated carbocycles. The predicted octanol–water partition coefficient (Wildman–Crippen LogP) is 5.86. The van der Waals surface area contributed by atoms with Gasteiger partial charge in [0.25, 0.3) is 0 Å². The van der Waals surface area contributed by atoms with E-state index in [2.05, 4.69) is 64.9 Å². The predicted molar refractivity (Wildman–Crippen MR) is 111 cm³/mol. The van der Waals surface area contributed by atoms with Gasteiger partial charge >= 0.3 is 0 Å². The number of aromatic nitrogens is 3. The molecule has 4 heteroatoms. The Labute approximate surface area is 158 Å². The van der Waals surface area contributed by atoms with E-state index >= 15 is 0 Å². The van der Waals surface area contributed by atoms with Crippen LogP contribution in [0.5, 0.6) is 0 Å². The van der Waals surface area contributed by atoms with Gasteiger partial charge < -0.3 is 9.55 Å². The lowest BCUT2D eigenvalue weighted by atomic mass is 10.1. The molecule has 0 bridgehead atoms. The molecule has 0 radical (unpaired) electrons. The minimum atomic E-state index is 0.400. The first-order valence-electron chi connectivity index (χ1n) is 9.28. The number of para-hydroxylation sites is 1. The van der Waals surface area contributed by atoms with E-state index in [1.807, 2.05) is 31.2 Å². The molecule has 0 fully saturated rings. The van der Waals surface area contributed by atoms with E-state index in [4.69, 9.17) is 0 Å². The molecule has 4 aromatic rings. The van der Waals surface area contributed by atoms with E-state index in [1.165, 1.54) is 5.52 Å². The van der Waals surface area contributed by atoms with Gasteiger partial charge in [-0.2, -0.15) is 5.26 Å². The quantitative estimate of drug-likeness (QED) is 0.467. The van der Waals surface area contributed by atoms with Gasteiger partial charge in [-0.15, -0.1) is 0 Å². The molecule has 27 heavy (non-hydrogen) atoms. The highest BCUT2D eigenvalue weighted by Crippen LogP contribution is 2.29. The van der Waals surface area contributed by atoms with Gasteiger partial charge in [-0.25, -0.2) is 4.98 Å². The number of nitrogens with one attached hydrogen (secondary N) is 1. The van der Waals surface area contributed by atoms with Crippen molar-refractivity contribution in [3.05, 3.63) is 65.6 Å². The summed E-state index contributed by atoms with van der Waals surface area (Å²) < 4.78 is 2.29. The molecule has 1 N–H and O–H groups in total. The Kier molecular flexibility index (Phi) is 4.29. The molecular weight excluding hydrogens is 332 g/mol. The van der Waals surface area contributed by atoms with Crippen molar-refractivity contribution in [2.24, 2.45) is 0 Å². The largest absolute Gasteiger partial charge is 0.344 e. The molecule has 0 amide bonds. The zero-order valence-electron chi connectivity index (χ0n) is 15.8. The molecule has 2 aromatic heterocycles. The van der Waals surface area contributed by atoms with Gasteiger partial charge in [0.1, 0.15) is 11.9 Å². The van der Waals surface area contributed by atoms with Gasteiger partial charge in [-0.1, -0.05) is 31.2 Å². The highest BCUT2D eigenvalue weighted by Gasteiger charge is 2.13. The first-order chi connectivity index (χ1) is 13.1. The number of nitriles is 1. The van der Waals surface area contributed by atoms with Gasteiger partial charge in [-0.3, -0.25) is 0 Å². The van der Waals surface area contributed by atoms with Crippen LogP contribution in [0.15, 0.2) is 48.7 Å². The van der Waals surface area contributed by atoms with E-state index in [1.54, 1.807) is 0 Å². The minimum absolute atomic E-state index is 0.400. The van der Waals surface area contributed by atoms with Crippen molar-refractivity contribution < 1.29 is 0 Å². The summed E-state index contributed by atoms with van der Waals surface area (Å²) in [6, 6.07) is 17.1. The third-order valence-electron chi connectivity index (χ3n) is 5.15. The van der Waals surface area contributed by atoms with Crippen molar-refractivity contribution in [2.75, 3.05) is 0 Å². The Balaban J connectivity index is 1.86. The lowest BCUT2D eigenvalue weighted by Crippen LogP contribution is -2.01. The molecule has 0 unspecified atom stereocenters. The summed E-state index contributed by atoms with van der Waals surface area (Å²) in [5.74, 6) is 0.610. The normalized spacial score (nSPS) is 13.2. The van der Waals surface area contributed by atoms with Crippen LogP contribution < -0.4 is 0 Å². The van der Waals surface area contributed by atoms with E-state index in [0.29, 0.717) is 17.4 Å². The van der Waals surface area contributed by atoms with Crippen molar-refractivity contribution in [2.45, 2.75) is 33.2 Å². The summed E-state index contributed by atoms with van der Waals surface area (Å²) in [5, 5.41) is 10.9. The summed E-state index contributed by atoms with van der Waals surface area (Å²) in [6.07, 6.45) is 5.13. The van der Waals surface area contributed by atoms with Gasteiger partial charge in [0.05, 0.1) is 16.6 Å². The third-order valence-corrected chi connectivity index (χ3v) is 5.15. The SMILES string of the molecule is CC[C@H](C)n1cc(/C=C(/C#N)c2nc3ccc(C)cc3[nH]2)c2ccccc21. The summed E-state index contributed by atoms with van der Waals surface area (Å²) in [7, 11) is 0. The number of aryl methyl sites for hydroxylation is 1. The average molecular weight is 354 g/mol. The second kappa shape index (κ2) is 6.77. The van der Waals surface area contributed by atoms with Gasteiger partial charge in [-0.05, 0) is 50.1 Å². The topological polar surface area (TPSA) is 57.4 Å². The van der Waals surface area contributed by atoms with Crippen LogP contribution in [0.4, 0.5) is 0 Å². The fourth-order valence-electron chi connectivity index (χ4n) is 3.47. The molecule has 1 atom stereocenters. The summed E-state index contributed by atoms with van der Waals surface area (Å²) in [6.45, 7) is 6.45. The van der Waals surface area contributed by atoms with Crippen LogP contribution in [0.25, 0.3) is 33.6 Å². The van der Waals surface area contributed by atoms with Crippen molar-refractivity contribution in [1.82, 2.24) is 14.5 Å². The summed E-state index contributed by atoms with van der Waals surface area (Å²) in [4.78, 5) is 7.89. The number of rotatable bonds is 4. The highest BCUT2D eigenvalue weighted by atomic mass is 15.0. The zero-order chi connectivity index (χ0) is 19.0. The van der Waals surface area contributed by atoms with Gasteiger partial charge in [0.2, 0.25) is 0 Å². The lowest BCUT2D eigenvalue weighted by molar-refractivity contribution is 0.548. The lowest BCUT2D eigenvalue weighted by Gasteiger charge is -2.12. The van der Waals surface area contributed by atoms with Crippen molar-refractivity contribution >= 4 is 33.6 Å². The number of fused-ring (bicyclic) bond motifs is 2. The number of imidazole rings is 1. The molecule has 0 aliphatic rings. The number of aromatic amines is 1. The second-order valence-electron chi connectivity index (χ2n) is 7.04. The molecule has 0 aliphatic heterocycles. The molecule has 0 aliphatic carbocycles. The van der Waals surface area contributed by atoms with Crippen LogP contribution in [-0.4, -0.2) is 14.5 Å². The Bertz CT molecular complexity index is 1200. The molecule has 134 valence electrons. The van der Waals surface area contributed by atoms with Crippen LogP contribution in [0.2, 0.25) is 0 Å². The molecule has 0 saturated heterocycles. The van der Waals surface area contributed by atoms with E-state index in [9.17, 15) is 5.26 Å². The zero-order valence-corrected chi connectivity index (χ0v) is 15.8. The fourth-order valence-corrected chi connectivity index (χ4v) is 3.47. The molecule has 2 aromatic carbocycles. The molecule has 0 spiro atoms. The Morgan fingerprint density at radius 3 is 2.89 bits per heavy atom. The second-order valence-corrected chi connectivity index (χ2v) is 7.04. The smallest absolute Gasteiger partial charge is 0.149 e. The summed E-state index contributed by atoms with van der Waals surface area (Å²) in [5.41, 5.74) is 5.76. The number of H-pyrrole nitrogens is 1. The Morgan fingerprint density at radius 1 is 1.30 bits per heavy atom. The standard InChI is InChI=1S/C23H22N4/c1-4-16(3)27-14-18(19-7-5-6-8-22(19)27)12-17(13-24)23-25-20-10-9-15(2)11-21(20)26-23/h5-12,14,16H,4H2,1-3H3,(H,25,26)/b17-12-/t16-/m0/s1. The third kappa shape index (κ3) is 3.02. The van der Waals surface area contributed by atoms with Crippen molar-refractivity contribution in [1.29, 1.82) is 5.26 Å². The maximum atomic E-state index is 9.77. The van der Waals surface area contributed by atoms with E-state index < -0.39 is 0 Å². The number of nitrogens with zero attached hydrogens (tertiary/aromatic N) is 3. The number of benzene rings is 2. The molecule has 4 nitrogen and oxygen atoms in total. The summed E-state index contributed by atoms with van der Waals surface area (Å²) >= 11 is 0. The van der Waals surface area contributed by atoms with Crippen LogP contribution in [-0.2, 0) is 0 Å². The maximum Gasteiger partial charge on any atom is 0.149 e. The molecule has 4 rings (SSSR count). The van der Waals surface area contributed by atoms with Crippen LogP contribution in [0.1, 0.15) is 43.3 Å². The Hall–Kier alpha value is -3.32. The first-order valence-corrected chi connectivity index (χ1v) is 9.28. The first kappa shape index (κ1) is 17.1. The van der Waals surface area contributed by atoms with Crippen LogP contribution >= 0.6 is 0 Å². The van der Waals surface area contributed by atoms with Gasteiger partial charge in [0, 0.05) is 28.7 Å². The van der Waals surface area contributed by atoms with Crippen molar-refractivity contribution in [3.63, 3.8) is 0 Å². The number of hydrogen-bond acceptors (Lipinski definition) is 2. The van der Waals surface area contributed by atoms with Crippen LogP contribution in [0.3, 0.4) is 0 Å². The van der Waals surface area contributed by atoms with E-state index in [0.717, 1.165) is 34.0 Å². The minimum Gasteiger partial charge on any atom is -0.344 e. The fraction of sp³-hybridized carbons (Fsp3) is 0.217. The average Bonchev–Trinajstić information content (AvgIpc) is 3.26. The monoisotopic (exact) mass is 354 g/mol. The molecule has 2 heterocycles.